The Balaban J connectivity index is 2.79. The molecule has 1 heterocycles. The molecule has 0 atom stereocenters. The molecule has 0 fully saturated rings. The summed E-state index contributed by atoms with van der Waals surface area (Å²) < 4.78 is 6.10. The SMILES string of the molecule is COCCN(c1cncc(Br)c1)C(C)C. The molecule has 0 unspecified atom stereocenters. The standard InChI is InChI=1S/C11H17BrN2O/c1-9(2)14(4-5-15-3)11-6-10(12)7-13-8-11/h6-9H,4-5H2,1-3H3. The fraction of sp³-hybridized carbons (Fsp3) is 0.545. The van der Waals surface area contributed by atoms with Gasteiger partial charge < -0.3 is 9.64 Å². The van der Waals surface area contributed by atoms with E-state index in [1.165, 1.54) is 0 Å². The molecule has 1 aromatic rings. The molecule has 0 radical (unpaired) electrons. The van der Waals surface area contributed by atoms with Crippen molar-refractivity contribution in [3.8, 4) is 0 Å². The summed E-state index contributed by atoms with van der Waals surface area (Å²) in [6.07, 6.45) is 3.67. The van der Waals surface area contributed by atoms with Crippen LogP contribution in [-0.4, -0.2) is 31.3 Å². The Hall–Kier alpha value is -0.610. The summed E-state index contributed by atoms with van der Waals surface area (Å²) in [5, 5.41) is 0. The highest BCUT2D eigenvalue weighted by atomic mass is 79.9. The molecule has 84 valence electrons. The smallest absolute Gasteiger partial charge is 0.0637 e. The van der Waals surface area contributed by atoms with E-state index in [0.29, 0.717) is 6.04 Å². The quantitative estimate of drug-likeness (QED) is 0.824. The first kappa shape index (κ1) is 12.5. The lowest BCUT2D eigenvalue weighted by Crippen LogP contribution is -2.33. The molecular weight excluding hydrogens is 256 g/mol. The van der Waals surface area contributed by atoms with Crippen molar-refractivity contribution in [1.82, 2.24) is 4.98 Å². The number of hydrogen-bond donors (Lipinski definition) is 0. The second kappa shape index (κ2) is 6.08. The van der Waals surface area contributed by atoms with E-state index < -0.39 is 0 Å². The van der Waals surface area contributed by atoms with Gasteiger partial charge in [0.15, 0.2) is 0 Å². The zero-order valence-electron chi connectivity index (χ0n) is 9.40. The summed E-state index contributed by atoms with van der Waals surface area (Å²) in [4.78, 5) is 6.43. The Labute approximate surface area is 99.6 Å². The van der Waals surface area contributed by atoms with Crippen LogP contribution in [-0.2, 0) is 4.74 Å². The van der Waals surface area contributed by atoms with E-state index in [1.54, 1.807) is 13.3 Å². The Kier molecular flexibility index (Phi) is 5.05. The molecule has 0 aliphatic heterocycles. The third-order valence-corrected chi connectivity index (χ3v) is 2.62. The van der Waals surface area contributed by atoms with E-state index >= 15 is 0 Å². The van der Waals surface area contributed by atoms with Gasteiger partial charge in [0.1, 0.15) is 0 Å². The summed E-state index contributed by atoms with van der Waals surface area (Å²) in [6, 6.07) is 2.51. The fourth-order valence-corrected chi connectivity index (χ4v) is 1.79. The van der Waals surface area contributed by atoms with Crippen LogP contribution < -0.4 is 4.90 Å². The third-order valence-electron chi connectivity index (χ3n) is 2.18. The van der Waals surface area contributed by atoms with Crippen LogP contribution in [0.5, 0.6) is 0 Å². The number of ether oxygens (including phenoxy) is 1. The zero-order chi connectivity index (χ0) is 11.3. The maximum atomic E-state index is 5.10. The monoisotopic (exact) mass is 272 g/mol. The van der Waals surface area contributed by atoms with E-state index in [9.17, 15) is 0 Å². The average molecular weight is 273 g/mol. The largest absolute Gasteiger partial charge is 0.383 e. The lowest BCUT2D eigenvalue weighted by molar-refractivity contribution is 0.204. The average Bonchev–Trinajstić information content (AvgIpc) is 2.18. The predicted molar refractivity (Wildman–Crippen MR) is 66.3 cm³/mol. The molecule has 1 aromatic heterocycles. The number of aromatic nitrogens is 1. The van der Waals surface area contributed by atoms with E-state index in [4.69, 9.17) is 4.74 Å². The van der Waals surface area contributed by atoms with Crippen LogP contribution in [0.3, 0.4) is 0 Å². The highest BCUT2D eigenvalue weighted by Gasteiger charge is 2.10. The van der Waals surface area contributed by atoms with E-state index in [2.05, 4.69) is 45.7 Å². The first-order chi connectivity index (χ1) is 7.15. The van der Waals surface area contributed by atoms with Crippen LogP contribution >= 0.6 is 15.9 Å². The molecule has 15 heavy (non-hydrogen) atoms. The Bertz CT molecular complexity index is 304. The van der Waals surface area contributed by atoms with Crippen molar-refractivity contribution in [3.05, 3.63) is 22.9 Å². The number of anilines is 1. The number of methoxy groups -OCH3 is 1. The lowest BCUT2D eigenvalue weighted by Gasteiger charge is -2.28. The van der Waals surface area contributed by atoms with Gasteiger partial charge in [0.05, 0.1) is 18.5 Å². The van der Waals surface area contributed by atoms with Gasteiger partial charge in [-0.3, -0.25) is 4.98 Å². The van der Waals surface area contributed by atoms with Crippen molar-refractivity contribution in [2.75, 3.05) is 25.2 Å². The van der Waals surface area contributed by atoms with Crippen molar-refractivity contribution < 1.29 is 4.74 Å². The molecule has 0 saturated carbocycles. The summed E-state index contributed by atoms with van der Waals surface area (Å²) in [5.74, 6) is 0. The molecule has 0 spiro atoms. The maximum absolute atomic E-state index is 5.10. The normalized spacial score (nSPS) is 10.7. The van der Waals surface area contributed by atoms with Crippen LogP contribution in [0.25, 0.3) is 0 Å². The molecular formula is C11H17BrN2O. The van der Waals surface area contributed by atoms with Gasteiger partial charge >= 0.3 is 0 Å². The van der Waals surface area contributed by atoms with Gasteiger partial charge in [0.25, 0.3) is 0 Å². The fourth-order valence-electron chi connectivity index (χ4n) is 1.43. The summed E-state index contributed by atoms with van der Waals surface area (Å²) in [6.45, 7) is 5.93. The molecule has 0 saturated heterocycles. The topological polar surface area (TPSA) is 25.4 Å². The predicted octanol–water partition coefficient (Wildman–Crippen LogP) is 2.71. The number of halogens is 1. The van der Waals surface area contributed by atoms with Gasteiger partial charge in [-0.25, -0.2) is 0 Å². The van der Waals surface area contributed by atoms with Gasteiger partial charge in [-0.15, -0.1) is 0 Å². The van der Waals surface area contributed by atoms with Crippen molar-refractivity contribution >= 4 is 21.6 Å². The molecule has 0 aromatic carbocycles. The Morgan fingerprint density at radius 1 is 1.47 bits per heavy atom. The lowest BCUT2D eigenvalue weighted by atomic mass is 10.2. The van der Waals surface area contributed by atoms with Crippen molar-refractivity contribution in [3.63, 3.8) is 0 Å². The number of nitrogens with zero attached hydrogens (tertiary/aromatic N) is 2. The Morgan fingerprint density at radius 3 is 2.73 bits per heavy atom. The molecule has 3 nitrogen and oxygen atoms in total. The van der Waals surface area contributed by atoms with Crippen molar-refractivity contribution in [2.24, 2.45) is 0 Å². The van der Waals surface area contributed by atoms with Gasteiger partial charge in [-0.05, 0) is 35.8 Å². The Morgan fingerprint density at radius 2 is 2.20 bits per heavy atom. The highest BCUT2D eigenvalue weighted by Crippen LogP contribution is 2.19. The maximum Gasteiger partial charge on any atom is 0.0637 e. The molecule has 0 bridgehead atoms. The molecule has 0 aliphatic carbocycles. The van der Waals surface area contributed by atoms with Gasteiger partial charge in [-0.2, -0.15) is 0 Å². The van der Waals surface area contributed by atoms with E-state index in [1.807, 2.05) is 6.20 Å². The molecule has 0 amide bonds. The number of hydrogen-bond acceptors (Lipinski definition) is 3. The summed E-state index contributed by atoms with van der Waals surface area (Å²) in [7, 11) is 1.72. The van der Waals surface area contributed by atoms with E-state index in [0.717, 1.165) is 23.3 Å². The molecule has 0 N–H and O–H groups in total. The van der Waals surface area contributed by atoms with Crippen molar-refractivity contribution in [1.29, 1.82) is 0 Å². The second-order valence-corrected chi connectivity index (χ2v) is 4.56. The molecule has 1 rings (SSSR count). The zero-order valence-corrected chi connectivity index (χ0v) is 11.0. The molecule has 0 aliphatic rings. The number of pyridine rings is 1. The van der Waals surface area contributed by atoms with Gasteiger partial charge in [0.2, 0.25) is 0 Å². The van der Waals surface area contributed by atoms with Crippen LogP contribution in [0, 0.1) is 0 Å². The molecule has 4 heteroatoms. The second-order valence-electron chi connectivity index (χ2n) is 3.64. The van der Waals surface area contributed by atoms with Crippen LogP contribution in [0.4, 0.5) is 5.69 Å². The minimum absolute atomic E-state index is 0.441. The third kappa shape index (κ3) is 3.80. The van der Waals surface area contributed by atoms with Crippen LogP contribution in [0.2, 0.25) is 0 Å². The van der Waals surface area contributed by atoms with Gasteiger partial charge in [-0.1, -0.05) is 0 Å². The van der Waals surface area contributed by atoms with Crippen molar-refractivity contribution in [2.45, 2.75) is 19.9 Å². The van der Waals surface area contributed by atoms with Crippen LogP contribution in [0.1, 0.15) is 13.8 Å². The minimum atomic E-state index is 0.441. The summed E-state index contributed by atoms with van der Waals surface area (Å²) >= 11 is 3.43. The first-order valence-corrected chi connectivity index (χ1v) is 5.80. The number of rotatable bonds is 5. The van der Waals surface area contributed by atoms with Crippen LogP contribution in [0.15, 0.2) is 22.9 Å². The minimum Gasteiger partial charge on any atom is -0.383 e. The first-order valence-electron chi connectivity index (χ1n) is 5.01. The summed E-state index contributed by atoms with van der Waals surface area (Å²) in [5.41, 5.74) is 1.12. The van der Waals surface area contributed by atoms with E-state index in [-0.39, 0.29) is 0 Å². The highest BCUT2D eigenvalue weighted by molar-refractivity contribution is 9.10. The van der Waals surface area contributed by atoms with Gasteiger partial charge in [0, 0.05) is 30.4 Å².